The zero-order valence-corrected chi connectivity index (χ0v) is 20.6. The van der Waals surface area contributed by atoms with Crippen molar-refractivity contribution in [1.82, 2.24) is 25.0 Å². The Morgan fingerprint density at radius 1 is 1.25 bits per heavy atom. The Labute approximate surface area is 211 Å². The van der Waals surface area contributed by atoms with Crippen molar-refractivity contribution in [3.05, 3.63) is 39.9 Å². The largest absolute Gasteiger partial charge is 0.396 e. The third-order valence-corrected chi connectivity index (χ3v) is 8.00. The molecule has 192 valence electrons. The highest BCUT2D eigenvalue weighted by atomic mass is 32.2. The van der Waals surface area contributed by atoms with Crippen LogP contribution < -0.4 is 5.32 Å². The van der Waals surface area contributed by atoms with E-state index in [1.165, 1.54) is 17.8 Å². The molecule has 2 aromatic heterocycles. The number of aromatic nitrogens is 5. The van der Waals surface area contributed by atoms with E-state index in [1.54, 1.807) is 16.8 Å². The maximum Gasteiger partial charge on any atom is 0.269 e. The van der Waals surface area contributed by atoms with Crippen LogP contribution in [0.5, 0.6) is 0 Å². The molecule has 6 unspecified atom stereocenters. The minimum Gasteiger partial charge on any atom is -0.396 e. The highest BCUT2D eigenvalue weighted by Gasteiger charge is 2.44. The number of benzene rings is 1. The second-order valence-electron chi connectivity index (χ2n) is 9.41. The third-order valence-electron chi connectivity index (χ3n) is 6.95. The van der Waals surface area contributed by atoms with Crippen LogP contribution in [0.4, 0.5) is 11.5 Å². The smallest absolute Gasteiger partial charge is 0.269 e. The van der Waals surface area contributed by atoms with Gasteiger partial charge in [-0.25, -0.2) is 14.6 Å². The van der Waals surface area contributed by atoms with Gasteiger partial charge in [0.15, 0.2) is 22.1 Å². The molecule has 13 heteroatoms. The molecule has 4 N–H and O–H groups in total. The molecule has 6 atom stereocenters. The summed E-state index contributed by atoms with van der Waals surface area (Å²) >= 11 is 1.51. The molecule has 3 aromatic rings. The van der Waals surface area contributed by atoms with Crippen LogP contribution in [0.1, 0.15) is 50.1 Å². The van der Waals surface area contributed by atoms with Crippen molar-refractivity contribution in [2.75, 3.05) is 17.7 Å². The molecular formula is C23H29N7O5S. The molecule has 5 rings (SSSR count). The van der Waals surface area contributed by atoms with Crippen molar-refractivity contribution >= 4 is 34.4 Å². The molecule has 2 aliphatic rings. The predicted molar refractivity (Wildman–Crippen MR) is 133 cm³/mol. The van der Waals surface area contributed by atoms with Gasteiger partial charge in [-0.1, -0.05) is 36.0 Å². The van der Waals surface area contributed by atoms with Gasteiger partial charge in [0.05, 0.1) is 17.1 Å². The molecule has 0 aliphatic heterocycles. The SMILES string of the molecule is CCCSc1nc(NC2CC2c2cccc([N+](=O)[O-])c2)c2nnn(C3CC(CCO)C(O)C3O)c2n1. The number of nitrogens with one attached hydrogen (secondary N) is 1. The molecule has 0 spiro atoms. The second-order valence-corrected chi connectivity index (χ2v) is 10.5. The maximum atomic E-state index is 11.2. The van der Waals surface area contributed by atoms with E-state index in [9.17, 15) is 25.4 Å². The summed E-state index contributed by atoms with van der Waals surface area (Å²) in [6.07, 6.45) is 0.572. The number of non-ortho nitro benzene ring substituents is 1. The van der Waals surface area contributed by atoms with Crippen molar-refractivity contribution in [2.45, 2.75) is 68.0 Å². The zero-order chi connectivity index (χ0) is 25.4. The van der Waals surface area contributed by atoms with E-state index < -0.39 is 23.2 Å². The predicted octanol–water partition coefficient (Wildman–Crippen LogP) is 2.26. The molecule has 36 heavy (non-hydrogen) atoms. The number of aliphatic hydroxyl groups excluding tert-OH is 3. The first-order valence-electron chi connectivity index (χ1n) is 12.1. The second kappa shape index (κ2) is 10.2. The van der Waals surface area contributed by atoms with Crippen LogP contribution in [0.25, 0.3) is 11.2 Å². The van der Waals surface area contributed by atoms with Gasteiger partial charge in [0.25, 0.3) is 5.69 Å². The highest BCUT2D eigenvalue weighted by Crippen LogP contribution is 2.44. The Morgan fingerprint density at radius 2 is 2.08 bits per heavy atom. The fraction of sp³-hybridized carbons (Fsp3) is 0.565. The van der Waals surface area contributed by atoms with Crippen LogP contribution in [0.2, 0.25) is 0 Å². The van der Waals surface area contributed by atoms with Gasteiger partial charge in [0, 0.05) is 36.5 Å². The lowest BCUT2D eigenvalue weighted by Crippen LogP contribution is -2.30. The van der Waals surface area contributed by atoms with E-state index in [0.717, 1.165) is 24.2 Å². The first-order chi connectivity index (χ1) is 17.4. The lowest BCUT2D eigenvalue weighted by Gasteiger charge is -2.17. The quantitative estimate of drug-likeness (QED) is 0.135. The molecule has 2 fully saturated rings. The number of thioether (sulfide) groups is 1. The van der Waals surface area contributed by atoms with Crippen molar-refractivity contribution in [2.24, 2.45) is 5.92 Å². The normalized spacial score (nSPS) is 27.4. The molecule has 0 bridgehead atoms. The monoisotopic (exact) mass is 515 g/mol. The van der Waals surface area contributed by atoms with Crippen molar-refractivity contribution < 1.29 is 20.2 Å². The number of nitro benzene ring substituents is 1. The Bertz CT molecular complexity index is 1260. The fourth-order valence-electron chi connectivity index (χ4n) is 4.95. The van der Waals surface area contributed by atoms with Crippen LogP contribution in [-0.2, 0) is 0 Å². The van der Waals surface area contributed by atoms with Gasteiger partial charge in [-0.05, 0) is 37.2 Å². The zero-order valence-electron chi connectivity index (χ0n) is 19.8. The molecule has 1 aromatic carbocycles. The van der Waals surface area contributed by atoms with E-state index in [0.29, 0.717) is 35.0 Å². The lowest BCUT2D eigenvalue weighted by molar-refractivity contribution is -0.384. The molecule has 2 heterocycles. The van der Waals surface area contributed by atoms with Gasteiger partial charge in [0.2, 0.25) is 0 Å². The number of nitrogens with zero attached hydrogens (tertiary/aromatic N) is 6. The van der Waals surface area contributed by atoms with Crippen LogP contribution in [0.15, 0.2) is 29.4 Å². The number of nitro groups is 1. The molecule has 0 amide bonds. The third kappa shape index (κ3) is 4.75. The average Bonchev–Trinajstić information content (AvgIpc) is 3.43. The van der Waals surface area contributed by atoms with Crippen LogP contribution in [-0.4, -0.2) is 75.8 Å². The van der Waals surface area contributed by atoms with Crippen molar-refractivity contribution in [1.29, 1.82) is 0 Å². The van der Waals surface area contributed by atoms with Gasteiger partial charge >= 0.3 is 0 Å². The number of aliphatic hydroxyl groups is 3. The van der Waals surface area contributed by atoms with E-state index >= 15 is 0 Å². The summed E-state index contributed by atoms with van der Waals surface area (Å²) in [5.41, 5.74) is 1.90. The standard InChI is InChI=1S/C23H29N7O5S/c1-2-8-36-23-25-21(24-16-11-15(16)12-4-3-5-14(9-12)30(34)35)18-22(26-23)29(28-27-18)17-10-13(6-7-31)19(32)20(17)33/h3-5,9,13,15-17,19-20,31-33H,2,6-8,10-11H2,1H3,(H,24,25,26). The van der Waals surface area contributed by atoms with Crippen LogP contribution in [0, 0.1) is 16.0 Å². The van der Waals surface area contributed by atoms with Crippen LogP contribution >= 0.6 is 11.8 Å². The van der Waals surface area contributed by atoms with Gasteiger partial charge in [-0.15, -0.1) is 5.10 Å². The lowest BCUT2D eigenvalue weighted by atomic mass is 10.0. The highest BCUT2D eigenvalue weighted by molar-refractivity contribution is 7.99. The van der Waals surface area contributed by atoms with Gasteiger partial charge < -0.3 is 20.6 Å². The minimum atomic E-state index is -1.05. The Kier molecular flexibility index (Phi) is 7.06. The molecular weight excluding hydrogens is 486 g/mol. The summed E-state index contributed by atoms with van der Waals surface area (Å²) in [5.74, 6) is 1.23. The molecule has 2 saturated carbocycles. The first kappa shape index (κ1) is 24.8. The number of hydrogen-bond acceptors (Lipinski definition) is 11. The number of rotatable bonds is 10. The van der Waals surface area contributed by atoms with E-state index in [-0.39, 0.29) is 30.2 Å². The summed E-state index contributed by atoms with van der Waals surface area (Å²) in [6.45, 7) is 2.00. The van der Waals surface area contributed by atoms with Crippen molar-refractivity contribution in [3.8, 4) is 0 Å². The number of fused-ring (bicyclic) bond motifs is 1. The summed E-state index contributed by atoms with van der Waals surface area (Å²) < 4.78 is 1.56. The van der Waals surface area contributed by atoms with Crippen molar-refractivity contribution in [3.63, 3.8) is 0 Å². The van der Waals surface area contributed by atoms with Gasteiger partial charge in [-0.3, -0.25) is 10.1 Å². The molecule has 2 aliphatic carbocycles. The summed E-state index contributed by atoms with van der Waals surface area (Å²) in [5, 5.41) is 54.2. The molecule has 0 saturated heterocycles. The maximum absolute atomic E-state index is 11.2. The number of hydrogen-bond donors (Lipinski definition) is 4. The van der Waals surface area contributed by atoms with E-state index in [4.69, 9.17) is 0 Å². The summed E-state index contributed by atoms with van der Waals surface area (Å²) in [4.78, 5) is 20.1. The Hall–Kier alpha value is -2.87. The Balaban J connectivity index is 1.44. The van der Waals surface area contributed by atoms with Gasteiger partial charge in [-0.2, -0.15) is 0 Å². The topological polar surface area (TPSA) is 172 Å². The molecule has 12 nitrogen and oxygen atoms in total. The molecule has 0 radical (unpaired) electrons. The van der Waals surface area contributed by atoms with E-state index in [2.05, 4.69) is 32.5 Å². The summed E-state index contributed by atoms with van der Waals surface area (Å²) in [7, 11) is 0. The fourth-order valence-corrected chi connectivity index (χ4v) is 5.65. The first-order valence-corrected chi connectivity index (χ1v) is 13.1. The average molecular weight is 516 g/mol. The van der Waals surface area contributed by atoms with Crippen LogP contribution in [0.3, 0.4) is 0 Å². The van der Waals surface area contributed by atoms with E-state index in [1.807, 2.05) is 6.07 Å². The minimum absolute atomic E-state index is 0.0344. The summed E-state index contributed by atoms with van der Waals surface area (Å²) in [6, 6.07) is 6.19. The van der Waals surface area contributed by atoms with Gasteiger partial charge in [0.1, 0.15) is 6.10 Å². The Morgan fingerprint density at radius 3 is 2.83 bits per heavy atom. The number of anilines is 1.